The van der Waals surface area contributed by atoms with Gasteiger partial charge in [0.1, 0.15) is 5.82 Å². The number of thiophene rings is 1. The van der Waals surface area contributed by atoms with E-state index in [9.17, 15) is 4.39 Å². The molecule has 1 aromatic carbocycles. The van der Waals surface area contributed by atoms with Crippen LogP contribution in [0.25, 0.3) is 0 Å². The normalized spacial score (nSPS) is 19.3. The zero-order valence-corrected chi connectivity index (χ0v) is 15.2. The number of halogens is 2. The fourth-order valence-corrected chi connectivity index (χ4v) is 5.09. The van der Waals surface area contributed by atoms with E-state index in [1.165, 1.54) is 32.6 Å². The van der Waals surface area contributed by atoms with Crippen LogP contribution in [0.1, 0.15) is 53.4 Å². The number of rotatable bonds is 3. The second kappa shape index (κ2) is 6.34. The lowest BCUT2D eigenvalue weighted by molar-refractivity contribution is 0.417. The summed E-state index contributed by atoms with van der Waals surface area (Å²) in [5, 5.41) is 3.69. The smallest absolute Gasteiger partial charge is 0.126 e. The molecule has 1 N–H and O–H groups in total. The molecule has 0 radical (unpaired) electrons. The van der Waals surface area contributed by atoms with Gasteiger partial charge in [-0.05, 0) is 84.5 Å². The van der Waals surface area contributed by atoms with Gasteiger partial charge < -0.3 is 5.32 Å². The molecule has 1 aromatic heterocycles. The maximum Gasteiger partial charge on any atom is 0.126 e. The molecule has 1 nitrogen and oxygen atoms in total. The topological polar surface area (TPSA) is 12.0 Å². The Morgan fingerprint density at radius 3 is 2.95 bits per heavy atom. The minimum Gasteiger partial charge on any atom is -0.303 e. The zero-order chi connectivity index (χ0) is 15.0. The fourth-order valence-electron chi connectivity index (χ4n) is 2.97. The van der Waals surface area contributed by atoms with Gasteiger partial charge >= 0.3 is 0 Å². The first kappa shape index (κ1) is 15.4. The monoisotopic (exact) mass is 415 g/mol. The maximum absolute atomic E-state index is 13.7. The van der Waals surface area contributed by atoms with Gasteiger partial charge in [0, 0.05) is 17.0 Å². The molecule has 1 heterocycles. The highest BCUT2D eigenvalue weighted by Gasteiger charge is 2.24. The van der Waals surface area contributed by atoms with Crippen LogP contribution in [-0.2, 0) is 6.42 Å². The molecule has 2 aromatic rings. The van der Waals surface area contributed by atoms with Crippen LogP contribution in [0.4, 0.5) is 4.39 Å². The molecule has 0 aliphatic heterocycles. The molecule has 21 heavy (non-hydrogen) atoms. The van der Waals surface area contributed by atoms with Crippen LogP contribution >= 0.6 is 33.9 Å². The SMILES string of the molecule is Cc1ccc(C(C)NC2CCCc3sc(I)cc32)cc1F. The van der Waals surface area contributed by atoms with E-state index >= 15 is 0 Å². The second-order valence-electron chi connectivity index (χ2n) is 5.77. The highest BCUT2D eigenvalue weighted by molar-refractivity contribution is 14.1. The number of nitrogens with one attached hydrogen (secondary N) is 1. The number of hydrogen-bond donors (Lipinski definition) is 1. The Hall–Kier alpha value is -0.460. The molecular formula is C17H19FINS. The summed E-state index contributed by atoms with van der Waals surface area (Å²) in [5.74, 6) is -0.115. The van der Waals surface area contributed by atoms with E-state index in [1.54, 1.807) is 13.0 Å². The minimum atomic E-state index is -0.115. The molecule has 0 fully saturated rings. The van der Waals surface area contributed by atoms with Gasteiger partial charge in [0.15, 0.2) is 0 Å². The van der Waals surface area contributed by atoms with Crippen LogP contribution in [0.3, 0.4) is 0 Å². The van der Waals surface area contributed by atoms with Gasteiger partial charge in [0.05, 0.1) is 2.88 Å². The molecule has 2 atom stereocenters. The Balaban J connectivity index is 1.79. The Labute approximate surface area is 143 Å². The van der Waals surface area contributed by atoms with Crippen LogP contribution in [-0.4, -0.2) is 0 Å². The molecule has 4 heteroatoms. The second-order valence-corrected chi connectivity index (χ2v) is 8.80. The lowest BCUT2D eigenvalue weighted by atomic mass is 9.92. The molecule has 3 rings (SSSR count). The minimum absolute atomic E-state index is 0.115. The van der Waals surface area contributed by atoms with Gasteiger partial charge in [-0.15, -0.1) is 11.3 Å². The summed E-state index contributed by atoms with van der Waals surface area (Å²) in [7, 11) is 0. The van der Waals surface area contributed by atoms with Gasteiger partial charge in [-0.3, -0.25) is 0 Å². The lowest BCUT2D eigenvalue weighted by Crippen LogP contribution is -2.27. The van der Waals surface area contributed by atoms with E-state index in [1.807, 2.05) is 23.5 Å². The Morgan fingerprint density at radius 1 is 1.38 bits per heavy atom. The van der Waals surface area contributed by atoms with Crippen molar-refractivity contribution in [3.05, 3.63) is 54.5 Å². The highest BCUT2D eigenvalue weighted by atomic mass is 127. The third kappa shape index (κ3) is 3.32. The van der Waals surface area contributed by atoms with Crippen molar-refractivity contribution in [3.63, 3.8) is 0 Å². The molecule has 112 valence electrons. The number of benzene rings is 1. The fraction of sp³-hybridized carbons (Fsp3) is 0.412. The summed E-state index contributed by atoms with van der Waals surface area (Å²) in [4.78, 5) is 1.52. The van der Waals surface area contributed by atoms with Crippen molar-refractivity contribution in [1.82, 2.24) is 5.32 Å². The van der Waals surface area contributed by atoms with Crippen molar-refractivity contribution in [1.29, 1.82) is 0 Å². The molecule has 0 spiro atoms. The van der Waals surface area contributed by atoms with E-state index in [0.717, 1.165) is 5.56 Å². The number of fused-ring (bicyclic) bond motifs is 1. The van der Waals surface area contributed by atoms with Crippen LogP contribution in [0.2, 0.25) is 0 Å². The third-order valence-corrected chi connectivity index (χ3v) is 6.20. The van der Waals surface area contributed by atoms with Crippen molar-refractivity contribution in [2.24, 2.45) is 0 Å². The molecule has 2 unspecified atom stereocenters. The van der Waals surface area contributed by atoms with Crippen molar-refractivity contribution in [2.75, 3.05) is 0 Å². The van der Waals surface area contributed by atoms with E-state index < -0.39 is 0 Å². The van der Waals surface area contributed by atoms with Crippen molar-refractivity contribution in [2.45, 2.75) is 45.2 Å². The third-order valence-electron chi connectivity index (χ3n) is 4.23. The summed E-state index contributed by atoms with van der Waals surface area (Å²) in [5.41, 5.74) is 3.18. The lowest BCUT2D eigenvalue weighted by Gasteiger charge is -2.27. The van der Waals surface area contributed by atoms with Gasteiger partial charge in [-0.25, -0.2) is 4.39 Å². The molecule has 0 bridgehead atoms. The summed E-state index contributed by atoms with van der Waals surface area (Å²) in [6.07, 6.45) is 3.60. The molecule has 1 aliphatic carbocycles. The van der Waals surface area contributed by atoms with E-state index in [-0.39, 0.29) is 11.9 Å². The molecular weight excluding hydrogens is 396 g/mol. The molecule has 0 saturated carbocycles. The predicted molar refractivity (Wildman–Crippen MR) is 95.4 cm³/mol. The standard InChI is InChI=1S/C17H19FINS/c1-10-6-7-12(8-14(10)18)11(2)20-15-4-3-5-16-13(15)9-17(19)21-16/h6-9,11,15,20H,3-5H2,1-2H3. The van der Waals surface area contributed by atoms with Gasteiger partial charge in [-0.1, -0.05) is 12.1 Å². The average molecular weight is 415 g/mol. The van der Waals surface area contributed by atoms with Crippen molar-refractivity contribution in [3.8, 4) is 0 Å². The summed E-state index contributed by atoms with van der Waals surface area (Å²) in [6, 6.07) is 8.41. The zero-order valence-electron chi connectivity index (χ0n) is 12.2. The van der Waals surface area contributed by atoms with E-state index in [2.05, 4.69) is 40.9 Å². The summed E-state index contributed by atoms with van der Waals surface area (Å²) in [6.45, 7) is 3.92. The number of hydrogen-bond acceptors (Lipinski definition) is 2. The first-order valence-corrected chi connectivity index (χ1v) is 9.24. The van der Waals surface area contributed by atoms with E-state index in [0.29, 0.717) is 11.6 Å². The van der Waals surface area contributed by atoms with E-state index in [4.69, 9.17) is 0 Å². The Kier molecular flexibility index (Phi) is 4.66. The predicted octanol–water partition coefficient (Wildman–Crippen LogP) is 5.53. The van der Waals surface area contributed by atoms with Crippen LogP contribution in [0.15, 0.2) is 24.3 Å². The molecule has 0 amide bonds. The summed E-state index contributed by atoms with van der Waals surface area (Å²) < 4.78 is 15.1. The van der Waals surface area contributed by atoms with Crippen LogP contribution in [0.5, 0.6) is 0 Å². The van der Waals surface area contributed by atoms with Crippen molar-refractivity contribution >= 4 is 33.9 Å². The highest BCUT2D eigenvalue weighted by Crippen LogP contribution is 2.37. The van der Waals surface area contributed by atoms with Crippen LogP contribution < -0.4 is 5.32 Å². The van der Waals surface area contributed by atoms with Crippen molar-refractivity contribution < 1.29 is 4.39 Å². The Morgan fingerprint density at radius 2 is 2.19 bits per heavy atom. The first-order valence-electron chi connectivity index (χ1n) is 7.35. The number of aryl methyl sites for hydroxylation is 2. The summed E-state index contributed by atoms with van der Waals surface area (Å²) >= 11 is 4.31. The van der Waals surface area contributed by atoms with Gasteiger partial charge in [0.2, 0.25) is 0 Å². The largest absolute Gasteiger partial charge is 0.303 e. The average Bonchev–Trinajstić information content (AvgIpc) is 2.83. The van der Waals surface area contributed by atoms with Crippen LogP contribution in [0, 0.1) is 15.6 Å². The molecule has 1 aliphatic rings. The quantitative estimate of drug-likeness (QED) is 0.651. The maximum atomic E-state index is 13.7. The Bertz CT molecular complexity index is 652. The van der Waals surface area contributed by atoms with Gasteiger partial charge in [0.25, 0.3) is 0 Å². The molecule has 0 saturated heterocycles. The van der Waals surface area contributed by atoms with Gasteiger partial charge in [-0.2, -0.15) is 0 Å². The first-order chi connectivity index (χ1) is 10.0.